The molecule has 2 aromatic carbocycles. The van der Waals surface area contributed by atoms with Crippen molar-refractivity contribution in [2.24, 2.45) is 0 Å². The van der Waals surface area contributed by atoms with Crippen molar-refractivity contribution in [2.75, 3.05) is 18.5 Å². The first-order valence-electron chi connectivity index (χ1n) is 8.31. The molecule has 0 saturated heterocycles. The van der Waals surface area contributed by atoms with Crippen molar-refractivity contribution < 1.29 is 14.3 Å². The largest absolute Gasteiger partial charge is 0.494 e. The van der Waals surface area contributed by atoms with Crippen molar-refractivity contribution >= 4 is 44.9 Å². The maximum absolute atomic E-state index is 12.6. The minimum Gasteiger partial charge on any atom is -0.494 e. The minimum absolute atomic E-state index is 0.199. The van der Waals surface area contributed by atoms with Crippen molar-refractivity contribution in [2.45, 2.75) is 20.3 Å². The first kappa shape index (κ1) is 20.2. The summed E-state index contributed by atoms with van der Waals surface area (Å²) in [7, 11) is 0. The molecule has 0 fully saturated rings. The maximum atomic E-state index is 12.6. The molecule has 138 valence electrons. The van der Waals surface area contributed by atoms with Gasteiger partial charge in [0.05, 0.1) is 18.8 Å². The molecule has 2 N–H and O–H groups in total. The number of nitrogens with one attached hydrogen (secondary N) is 2. The molecule has 2 rings (SSSR count). The van der Waals surface area contributed by atoms with Gasteiger partial charge in [-0.05, 0) is 55.9 Å². The SMILES string of the molecule is CCCOc1ccc(Br)cc1C(=O)NC(=S)Nc1cccc(OCC)c1. The predicted octanol–water partition coefficient (Wildman–Crippen LogP) is 4.76. The van der Waals surface area contributed by atoms with Crippen LogP contribution in [-0.4, -0.2) is 24.2 Å². The van der Waals surface area contributed by atoms with Gasteiger partial charge in [-0.25, -0.2) is 0 Å². The Balaban J connectivity index is 2.06. The fourth-order valence-corrected chi connectivity index (χ4v) is 2.75. The maximum Gasteiger partial charge on any atom is 0.261 e. The van der Waals surface area contributed by atoms with Gasteiger partial charge in [0.2, 0.25) is 0 Å². The lowest BCUT2D eigenvalue weighted by Crippen LogP contribution is -2.34. The fraction of sp³-hybridized carbons (Fsp3) is 0.263. The van der Waals surface area contributed by atoms with Crippen LogP contribution < -0.4 is 20.1 Å². The summed E-state index contributed by atoms with van der Waals surface area (Å²) in [4.78, 5) is 12.6. The summed E-state index contributed by atoms with van der Waals surface area (Å²) in [5, 5.41) is 5.86. The fourth-order valence-electron chi connectivity index (χ4n) is 2.18. The number of carbonyl (C=O) groups excluding carboxylic acids is 1. The van der Waals surface area contributed by atoms with Crippen LogP contribution >= 0.6 is 28.1 Å². The number of anilines is 1. The van der Waals surface area contributed by atoms with Crippen LogP contribution in [0.4, 0.5) is 5.69 Å². The first-order chi connectivity index (χ1) is 12.5. The second kappa shape index (κ2) is 10.1. The van der Waals surface area contributed by atoms with Gasteiger partial charge in [0.15, 0.2) is 5.11 Å². The van der Waals surface area contributed by atoms with Crippen LogP contribution in [0.3, 0.4) is 0 Å². The smallest absolute Gasteiger partial charge is 0.261 e. The van der Waals surface area contributed by atoms with Gasteiger partial charge in [-0.3, -0.25) is 10.1 Å². The molecular formula is C19H21BrN2O3S. The Hall–Kier alpha value is -2.12. The molecular weight excluding hydrogens is 416 g/mol. The van der Waals surface area contributed by atoms with Gasteiger partial charge in [-0.1, -0.05) is 28.9 Å². The second-order valence-corrected chi connectivity index (χ2v) is 6.68. The Labute approximate surface area is 167 Å². The molecule has 0 spiro atoms. The Morgan fingerprint density at radius 2 is 1.96 bits per heavy atom. The van der Waals surface area contributed by atoms with E-state index < -0.39 is 0 Å². The molecule has 2 aromatic rings. The van der Waals surface area contributed by atoms with E-state index in [1.54, 1.807) is 12.1 Å². The van der Waals surface area contributed by atoms with Crippen LogP contribution in [0, 0.1) is 0 Å². The summed E-state index contributed by atoms with van der Waals surface area (Å²) in [6, 6.07) is 12.7. The lowest BCUT2D eigenvalue weighted by molar-refractivity contribution is 0.0973. The molecule has 0 heterocycles. The number of ether oxygens (including phenoxy) is 2. The number of hydrogen-bond acceptors (Lipinski definition) is 4. The quantitative estimate of drug-likeness (QED) is 0.612. The highest BCUT2D eigenvalue weighted by atomic mass is 79.9. The summed E-state index contributed by atoms with van der Waals surface area (Å²) in [5.74, 6) is 0.915. The van der Waals surface area contributed by atoms with Crippen LogP contribution in [0.1, 0.15) is 30.6 Å². The number of carbonyl (C=O) groups is 1. The van der Waals surface area contributed by atoms with Gasteiger partial charge >= 0.3 is 0 Å². The van der Waals surface area contributed by atoms with Gasteiger partial charge < -0.3 is 14.8 Å². The molecule has 0 radical (unpaired) electrons. The molecule has 0 unspecified atom stereocenters. The average Bonchev–Trinajstić information content (AvgIpc) is 2.61. The highest BCUT2D eigenvalue weighted by Gasteiger charge is 2.15. The predicted molar refractivity (Wildman–Crippen MR) is 111 cm³/mol. The third-order valence-electron chi connectivity index (χ3n) is 3.28. The van der Waals surface area contributed by atoms with E-state index in [1.165, 1.54) is 0 Å². The number of rotatable bonds is 7. The Morgan fingerprint density at radius 1 is 1.15 bits per heavy atom. The van der Waals surface area contributed by atoms with Gasteiger partial charge in [-0.2, -0.15) is 0 Å². The standard InChI is InChI=1S/C19H21BrN2O3S/c1-3-10-25-17-9-8-13(20)11-16(17)18(23)22-19(26)21-14-6-5-7-15(12-14)24-4-2/h5-9,11-12H,3-4,10H2,1-2H3,(H2,21,22,23,26). The summed E-state index contributed by atoms with van der Waals surface area (Å²) < 4.78 is 11.9. The minimum atomic E-state index is -0.337. The summed E-state index contributed by atoms with van der Waals surface area (Å²) >= 11 is 8.62. The highest BCUT2D eigenvalue weighted by Crippen LogP contribution is 2.23. The molecule has 1 amide bonds. The topological polar surface area (TPSA) is 59.6 Å². The summed E-state index contributed by atoms with van der Waals surface area (Å²) in [5.41, 5.74) is 1.15. The van der Waals surface area contributed by atoms with E-state index in [1.807, 2.05) is 44.2 Å². The zero-order chi connectivity index (χ0) is 18.9. The molecule has 0 bridgehead atoms. The number of thiocarbonyl (C=S) groups is 1. The van der Waals surface area contributed by atoms with E-state index in [-0.39, 0.29) is 11.0 Å². The van der Waals surface area contributed by atoms with E-state index in [2.05, 4.69) is 26.6 Å². The van der Waals surface area contributed by atoms with E-state index in [0.717, 1.165) is 22.3 Å². The van der Waals surface area contributed by atoms with Gasteiger partial charge in [0.1, 0.15) is 11.5 Å². The number of benzene rings is 2. The number of halogens is 1. The molecule has 0 aromatic heterocycles. The van der Waals surface area contributed by atoms with E-state index in [4.69, 9.17) is 21.7 Å². The van der Waals surface area contributed by atoms with E-state index in [0.29, 0.717) is 24.5 Å². The van der Waals surface area contributed by atoms with Crippen LogP contribution in [0.15, 0.2) is 46.9 Å². The van der Waals surface area contributed by atoms with Crippen molar-refractivity contribution in [1.29, 1.82) is 0 Å². The van der Waals surface area contributed by atoms with Gasteiger partial charge in [0.25, 0.3) is 5.91 Å². The zero-order valence-corrected chi connectivity index (χ0v) is 17.1. The van der Waals surface area contributed by atoms with Crippen LogP contribution in [0.25, 0.3) is 0 Å². The van der Waals surface area contributed by atoms with Gasteiger partial charge in [0, 0.05) is 16.2 Å². The molecule has 0 aliphatic heterocycles. The Bertz CT molecular complexity index is 783. The molecule has 0 saturated carbocycles. The van der Waals surface area contributed by atoms with Crippen molar-refractivity contribution in [3.63, 3.8) is 0 Å². The van der Waals surface area contributed by atoms with Crippen LogP contribution in [0.2, 0.25) is 0 Å². The third-order valence-corrected chi connectivity index (χ3v) is 3.98. The van der Waals surface area contributed by atoms with Gasteiger partial charge in [-0.15, -0.1) is 0 Å². The van der Waals surface area contributed by atoms with E-state index >= 15 is 0 Å². The molecule has 0 aliphatic rings. The van der Waals surface area contributed by atoms with E-state index in [9.17, 15) is 4.79 Å². The van der Waals surface area contributed by atoms with Crippen LogP contribution in [-0.2, 0) is 0 Å². The molecule has 0 aliphatic carbocycles. The summed E-state index contributed by atoms with van der Waals surface area (Å²) in [6.07, 6.45) is 0.854. The monoisotopic (exact) mass is 436 g/mol. The Kier molecular flexibility index (Phi) is 7.87. The Morgan fingerprint density at radius 3 is 2.69 bits per heavy atom. The number of amides is 1. The average molecular weight is 437 g/mol. The summed E-state index contributed by atoms with van der Waals surface area (Å²) in [6.45, 7) is 5.04. The van der Waals surface area contributed by atoms with Crippen molar-refractivity contribution in [3.8, 4) is 11.5 Å². The third kappa shape index (κ3) is 6.00. The molecule has 7 heteroatoms. The lowest BCUT2D eigenvalue weighted by Gasteiger charge is -2.13. The highest BCUT2D eigenvalue weighted by molar-refractivity contribution is 9.10. The first-order valence-corrected chi connectivity index (χ1v) is 9.51. The van der Waals surface area contributed by atoms with Crippen molar-refractivity contribution in [1.82, 2.24) is 5.32 Å². The molecule has 5 nitrogen and oxygen atoms in total. The van der Waals surface area contributed by atoms with Crippen LogP contribution in [0.5, 0.6) is 11.5 Å². The second-order valence-electron chi connectivity index (χ2n) is 5.36. The lowest BCUT2D eigenvalue weighted by atomic mass is 10.2. The molecule has 26 heavy (non-hydrogen) atoms. The van der Waals surface area contributed by atoms with Crippen molar-refractivity contribution in [3.05, 3.63) is 52.5 Å². The normalized spacial score (nSPS) is 10.1. The zero-order valence-electron chi connectivity index (χ0n) is 14.7. The molecule has 0 atom stereocenters. The number of hydrogen-bond donors (Lipinski definition) is 2.